The minimum absolute atomic E-state index is 0.0993. The second kappa shape index (κ2) is 7.52. The Morgan fingerprint density at radius 3 is 2.30 bits per heavy atom. The Balaban J connectivity index is 1.87. The van der Waals surface area contributed by atoms with Crippen molar-refractivity contribution < 1.29 is 13.2 Å². The molecule has 1 amide bonds. The van der Waals surface area contributed by atoms with E-state index >= 15 is 0 Å². The first kappa shape index (κ1) is 19.1. The lowest BCUT2D eigenvalue weighted by Crippen LogP contribution is -2.39. The average Bonchev–Trinajstić information content (AvgIpc) is 2.90. The van der Waals surface area contributed by atoms with E-state index in [0.29, 0.717) is 5.56 Å². The standard InChI is InChI=1S/C20H23N3O3S/c1-13(2)18(20(24)21-14(3)15-9-5-4-6-10-15)22-19-16-11-7-8-12-17(16)27(25,26)23-19/h4-14,18H,1-3H3,(H,21,24)(H,22,23)/t14-,18-/m0/s1. The molecule has 0 saturated carbocycles. The van der Waals surface area contributed by atoms with E-state index in [9.17, 15) is 13.2 Å². The van der Waals surface area contributed by atoms with Crippen LogP contribution in [0.4, 0.5) is 0 Å². The highest BCUT2D eigenvalue weighted by Crippen LogP contribution is 2.23. The van der Waals surface area contributed by atoms with Crippen molar-refractivity contribution in [3.63, 3.8) is 0 Å². The Hall–Kier alpha value is -2.67. The van der Waals surface area contributed by atoms with Gasteiger partial charge in [0.1, 0.15) is 11.9 Å². The molecular formula is C20H23N3O3S. The Morgan fingerprint density at radius 1 is 1.00 bits per heavy atom. The fourth-order valence-electron chi connectivity index (χ4n) is 3.00. The minimum Gasteiger partial charge on any atom is -0.348 e. The number of aliphatic imine (C=N–C) groups is 1. The van der Waals surface area contributed by atoms with Gasteiger partial charge in [-0.1, -0.05) is 56.3 Å². The van der Waals surface area contributed by atoms with Gasteiger partial charge in [-0.25, -0.2) is 8.42 Å². The van der Waals surface area contributed by atoms with E-state index in [0.717, 1.165) is 5.56 Å². The first-order valence-electron chi connectivity index (χ1n) is 8.85. The third-order valence-corrected chi connectivity index (χ3v) is 5.89. The fraction of sp³-hybridized carbons (Fsp3) is 0.300. The largest absolute Gasteiger partial charge is 0.348 e. The SMILES string of the molecule is CC(C)[C@H](N=C1NS(=O)(=O)c2ccccc21)C(=O)N[C@@H](C)c1ccccc1. The number of rotatable bonds is 5. The van der Waals surface area contributed by atoms with Crippen molar-refractivity contribution in [1.29, 1.82) is 0 Å². The van der Waals surface area contributed by atoms with Crippen LogP contribution in [-0.4, -0.2) is 26.2 Å². The van der Waals surface area contributed by atoms with Crippen LogP contribution in [0.5, 0.6) is 0 Å². The summed E-state index contributed by atoms with van der Waals surface area (Å²) in [5, 5.41) is 2.97. The fourth-order valence-corrected chi connectivity index (χ4v) is 4.24. The normalized spacial score (nSPS) is 18.6. The molecule has 0 bridgehead atoms. The van der Waals surface area contributed by atoms with Gasteiger partial charge in [-0.05, 0) is 30.5 Å². The summed E-state index contributed by atoms with van der Waals surface area (Å²) in [5.74, 6) is -0.123. The number of carbonyl (C=O) groups is 1. The van der Waals surface area contributed by atoms with Crippen LogP contribution < -0.4 is 10.0 Å². The van der Waals surface area contributed by atoms with Crippen molar-refractivity contribution in [1.82, 2.24) is 10.0 Å². The lowest BCUT2D eigenvalue weighted by molar-refractivity contribution is -0.123. The number of carbonyl (C=O) groups excluding carboxylic acids is 1. The topological polar surface area (TPSA) is 87.6 Å². The molecule has 1 aliphatic heterocycles. The van der Waals surface area contributed by atoms with Crippen molar-refractivity contribution in [2.24, 2.45) is 10.9 Å². The van der Waals surface area contributed by atoms with Gasteiger partial charge in [0.25, 0.3) is 10.0 Å². The van der Waals surface area contributed by atoms with Gasteiger partial charge >= 0.3 is 0 Å². The van der Waals surface area contributed by atoms with E-state index in [-0.39, 0.29) is 28.6 Å². The summed E-state index contributed by atoms with van der Waals surface area (Å²) in [7, 11) is -3.63. The molecule has 0 unspecified atom stereocenters. The molecule has 0 aromatic heterocycles. The van der Waals surface area contributed by atoms with E-state index < -0.39 is 16.1 Å². The number of nitrogens with zero attached hydrogens (tertiary/aromatic N) is 1. The molecule has 142 valence electrons. The third-order valence-electron chi connectivity index (χ3n) is 4.49. The highest BCUT2D eigenvalue weighted by molar-refractivity contribution is 7.90. The zero-order chi connectivity index (χ0) is 19.6. The van der Waals surface area contributed by atoms with Crippen LogP contribution in [0.25, 0.3) is 0 Å². The quantitative estimate of drug-likeness (QED) is 0.829. The van der Waals surface area contributed by atoms with Crippen LogP contribution in [0.2, 0.25) is 0 Å². The van der Waals surface area contributed by atoms with E-state index in [1.165, 1.54) is 6.07 Å². The average molecular weight is 385 g/mol. The number of hydrogen-bond donors (Lipinski definition) is 2. The summed E-state index contributed by atoms with van der Waals surface area (Å²) in [5.41, 5.74) is 1.49. The molecule has 0 saturated heterocycles. The molecule has 2 aromatic carbocycles. The number of benzene rings is 2. The van der Waals surface area contributed by atoms with Crippen LogP contribution in [0, 0.1) is 5.92 Å². The highest BCUT2D eigenvalue weighted by Gasteiger charge is 2.32. The molecule has 7 heteroatoms. The lowest BCUT2D eigenvalue weighted by Gasteiger charge is -2.21. The molecule has 0 aliphatic carbocycles. The number of nitrogens with one attached hydrogen (secondary N) is 2. The van der Waals surface area contributed by atoms with Gasteiger partial charge in [0.15, 0.2) is 0 Å². The Morgan fingerprint density at radius 2 is 1.63 bits per heavy atom. The van der Waals surface area contributed by atoms with Gasteiger partial charge in [0.2, 0.25) is 5.91 Å². The third kappa shape index (κ3) is 4.03. The van der Waals surface area contributed by atoms with Gasteiger partial charge in [0, 0.05) is 5.56 Å². The summed E-state index contributed by atoms with van der Waals surface area (Å²) in [6, 6.07) is 15.4. The van der Waals surface area contributed by atoms with E-state index in [1.54, 1.807) is 18.2 Å². The molecule has 6 nitrogen and oxygen atoms in total. The van der Waals surface area contributed by atoms with Crippen molar-refractivity contribution >= 4 is 21.8 Å². The van der Waals surface area contributed by atoms with Gasteiger partial charge in [-0.15, -0.1) is 0 Å². The zero-order valence-corrected chi connectivity index (χ0v) is 16.3. The van der Waals surface area contributed by atoms with Crippen molar-refractivity contribution in [3.8, 4) is 0 Å². The van der Waals surface area contributed by atoms with Crippen LogP contribution in [0.3, 0.4) is 0 Å². The molecule has 0 radical (unpaired) electrons. The molecule has 0 spiro atoms. The second-order valence-electron chi connectivity index (χ2n) is 6.91. The number of amides is 1. The smallest absolute Gasteiger partial charge is 0.263 e. The van der Waals surface area contributed by atoms with Crippen LogP contribution in [-0.2, 0) is 14.8 Å². The molecule has 27 heavy (non-hydrogen) atoms. The number of hydrogen-bond acceptors (Lipinski definition) is 4. The van der Waals surface area contributed by atoms with Crippen molar-refractivity contribution in [2.75, 3.05) is 0 Å². The van der Waals surface area contributed by atoms with Crippen LogP contribution in [0.1, 0.15) is 37.9 Å². The minimum atomic E-state index is -3.63. The summed E-state index contributed by atoms with van der Waals surface area (Å²) < 4.78 is 27.0. The van der Waals surface area contributed by atoms with Gasteiger partial charge < -0.3 is 5.32 Å². The van der Waals surface area contributed by atoms with Crippen LogP contribution >= 0.6 is 0 Å². The zero-order valence-electron chi connectivity index (χ0n) is 15.5. The molecule has 2 atom stereocenters. The Bertz CT molecular complexity index is 969. The molecule has 1 heterocycles. The molecule has 0 fully saturated rings. The maximum absolute atomic E-state index is 12.8. The van der Waals surface area contributed by atoms with E-state index in [4.69, 9.17) is 0 Å². The van der Waals surface area contributed by atoms with Gasteiger partial charge in [-0.2, -0.15) is 0 Å². The van der Waals surface area contributed by atoms with Crippen molar-refractivity contribution in [3.05, 3.63) is 65.7 Å². The maximum atomic E-state index is 12.8. The second-order valence-corrected chi connectivity index (χ2v) is 8.56. The van der Waals surface area contributed by atoms with Gasteiger partial charge in [-0.3, -0.25) is 14.5 Å². The molecule has 2 aromatic rings. The summed E-state index contributed by atoms with van der Waals surface area (Å²) in [6.45, 7) is 5.68. The van der Waals surface area contributed by atoms with Crippen LogP contribution in [0.15, 0.2) is 64.5 Å². The Labute approximate surface area is 159 Å². The molecule has 3 rings (SSSR count). The summed E-state index contributed by atoms with van der Waals surface area (Å²) >= 11 is 0. The Kier molecular flexibility index (Phi) is 5.32. The predicted molar refractivity (Wildman–Crippen MR) is 105 cm³/mol. The first-order chi connectivity index (χ1) is 12.8. The number of sulfonamides is 1. The summed E-state index contributed by atoms with van der Waals surface area (Å²) in [6.07, 6.45) is 0. The number of amidine groups is 1. The maximum Gasteiger partial charge on any atom is 0.263 e. The molecule has 2 N–H and O–H groups in total. The first-order valence-corrected chi connectivity index (χ1v) is 10.3. The van der Waals surface area contributed by atoms with Gasteiger partial charge in [0.05, 0.1) is 10.9 Å². The monoisotopic (exact) mass is 385 g/mol. The predicted octanol–water partition coefficient (Wildman–Crippen LogP) is 2.63. The molecule has 1 aliphatic rings. The molecular weight excluding hydrogens is 362 g/mol. The highest BCUT2D eigenvalue weighted by atomic mass is 32.2. The van der Waals surface area contributed by atoms with Crippen molar-refractivity contribution in [2.45, 2.75) is 37.8 Å². The number of fused-ring (bicyclic) bond motifs is 1. The van der Waals surface area contributed by atoms with E-state index in [2.05, 4.69) is 15.0 Å². The van der Waals surface area contributed by atoms with E-state index in [1.807, 2.05) is 51.1 Å². The lowest BCUT2D eigenvalue weighted by atomic mass is 10.0. The summed E-state index contributed by atoms with van der Waals surface area (Å²) in [4.78, 5) is 17.5.